The second-order valence-corrected chi connectivity index (χ2v) is 2.41. The molecule has 60 valence electrons. The molecule has 0 aliphatic carbocycles. The van der Waals surface area contributed by atoms with Crippen molar-refractivity contribution in [3.63, 3.8) is 0 Å². The normalized spacial score (nSPS) is 11.5. The van der Waals surface area contributed by atoms with Crippen LogP contribution in [0.1, 0.15) is 26.2 Å². The van der Waals surface area contributed by atoms with E-state index in [9.17, 15) is 9.90 Å². The molecule has 0 fully saturated rings. The molecule has 0 aromatic carbocycles. The number of hydrogen-bond acceptors (Lipinski definition) is 3. The third-order valence-electron chi connectivity index (χ3n) is 1.01. The van der Waals surface area contributed by atoms with Gasteiger partial charge in [-0.05, 0) is 6.42 Å². The quantitative estimate of drug-likeness (QED) is 0.306. The molecule has 5 heteroatoms. The van der Waals surface area contributed by atoms with Crippen molar-refractivity contribution in [3.05, 3.63) is 0 Å². The van der Waals surface area contributed by atoms with Crippen LogP contribution in [-0.2, 0) is 4.74 Å². The van der Waals surface area contributed by atoms with E-state index in [1.54, 1.807) is 0 Å². The summed E-state index contributed by atoms with van der Waals surface area (Å²) < 4.78 is 4.12. The number of hydrogen-bond donors (Lipinski definition) is 0. The summed E-state index contributed by atoms with van der Waals surface area (Å²) in [5.41, 5.74) is -0.745. The summed E-state index contributed by atoms with van der Waals surface area (Å²) in [6, 6.07) is 0. The Morgan fingerprint density at radius 3 is 2.64 bits per heavy atom. The first-order valence-corrected chi connectivity index (χ1v) is 3.62. The molecule has 0 bridgehead atoms. The number of halogens is 1. The van der Waals surface area contributed by atoms with Crippen LogP contribution in [0.15, 0.2) is 0 Å². The molecule has 0 aliphatic heterocycles. The maximum Gasteiger partial charge on any atom is 1.00 e. The molecule has 0 rings (SSSR count). The van der Waals surface area contributed by atoms with Gasteiger partial charge in [0.15, 0.2) is 0 Å². The molecule has 0 spiro atoms. The fourth-order valence-corrected chi connectivity index (χ4v) is 0.755. The molecule has 0 aliphatic rings. The topological polar surface area (TPSA) is 49.4 Å². The second kappa shape index (κ2) is 9.29. The van der Waals surface area contributed by atoms with Crippen molar-refractivity contribution in [1.29, 1.82) is 0 Å². The van der Waals surface area contributed by atoms with Crippen molar-refractivity contribution in [1.82, 2.24) is 0 Å². The molecule has 0 radical (unpaired) electrons. The SMILES string of the molecule is CCCCC(Cl)OC(=O)[O-].[K+]. The van der Waals surface area contributed by atoms with Gasteiger partial charge < -0.3 is 14.6 Å². The predicted molar refractivity (Wildman–Crippen MR) is 35.6 cm³/mol. The number of unbranched alkanes of at least 4 members (excludes halogenated alkanes) is 1. The first-order valence-electron chi connectivity index (χ1n) is 3.18. The van der Waals surface area contributed by atoms with E-state index in [1.165, 1.54) is 0 Å². The molecule has 0 amide bonds. The van der Waals surface area contributed by atoms with E-state index in [2.05, 4.69) is 4.74 Å². The fraction of sp³-hybridized carbons (Fsp3) is 0.833. The fourth-order valence-electron chi connectivity index (χ4n) is 0.528. The van der Waals surface area contributed by atoms with Crippen LogP contribution >= 0.6 is 11.6 Å². The van der Waals surface area contributed by atoms with Crippen molar-refractivity contribution in [2.24, 2.45) is 0 Å². The van der Waals surface area contributed by atoms with E-state index in [0.717, 1.165) is 12.8 Å². The largest absolute Gasteiger partial charge is 1.00 e. The molecule has 0 N–H and O–H groups in total. The second-order valence-electron chi connectivity index (χ2n) is 1.92. The molecule has 11 heavy (non-hydrogen) atoms. The minimum absolute atomic E-state index is 0. The molecule has 1 unspecified atom stereocenters. The van der Waals surface area contributed by atoms with Crippen LogP contribution in [0.25, 0.3) is 0 Å². The summed E-state index contributed by atoms with van der Waals surface area (Å²) >= 11 is 5.41. The number of alkyl halides is 1. The summed E-state index contributed by atoms with van der Waals surface area (Å²) in [5.74, 6) is 0. The van der Waals surface area contributed by atoms with Crippen molar-refractivity contribution >= 4 is 17.8 Å². The van der Waals surface area contributed by atoms with E-state index in [0.29, 0.717) is 6.42 Å². The summed E-state index contributed by atoms with van der Waals surface area (Å²) in [6.45, 7) is 1.99. The van der Waals surface area contributed by atoms with Crippen molar-refractivity contribution in [3.8, 4) is 0 Å². The summed E-state index contributed by atoms with van der Waals surface area (Å²) in [4.78, 5) is 9.76. The molecular weight excluding hydrogens is 195 g/mol. The maximum atomic E-state index is 9.76. The van der Waals surface area contributed by atoms with Crippen LogP contribution in [0.4, 0.5) is 4.79 Å². The Balaban J connectivity index is 0. The molecule has 0 aromatic heterocycles. The van der Waals surface area contributed by atoms with Gasteiger partial charge in [0.05, 0.1) is 0 Å². The van der Waals surface area contributed by atoms with Gasteiger partial charge in [0.1, 0.15) is 5.56 Å². The van der Waals surface area contributed by atoms with E-state index < -0.39 is 11.7 Å². The van der Waals surface area contributed by atoms with Crippen LogP contribution in [0.3, 0.4) is 0 Å². The van der Waals surface area contributed by atoms with E-state index in [-0.39, 0.29) is 51.4 Å². The Kier molecular flexibility index (Phi) is 12.4. The Morgan fingerprint density at radius 2 is 2.27 bits per heavy atom. The van der Waals surface area contributed by atoms with Gasteiger partial charge >= 0.3 is 51.4 Å². The van der Waals surface area contributed by atoms with E-state index in [4.69, 9.17) is 11.6 Å². The third kappa shape index (κ3) is 11.2. The maximum absolute atomic E-state index is 9.76. The number of carbonyl (C=O) groups excluding carboxylic acids is 1. The summed E-state index contributed by atoms with van der Waals surface area (Å²) in [5, 5.41) is 9.76. The van der Waals surface area contributed by atoms with Crippen LogP contribution in [0.2, 0.25) is 0 Å². The summed E-state index contributed by atoms with van der Waals surface area (Å²) in [7, 11) is 0. The number of ether oxygens (including phenoxy) is 1. The van der Waals surface area contributed by atoms with E-state index >= 15 is 0 Å². The standard InChI is InChI=1S/C6H11ClO3.K/c1-2-3-4-5(7)10-6(8)9;/h5H,2-4H2,1H3,(H,8,9);/q;+1/p-1. The van der Waals surface area contributed by atoms with Gasteiger partial charge in [-0.1, -0.05) is 31.4 Å². The monoisotopic (exact) mass is 204 g/mol. The van der Waals surface area contributed by atoms with Gasteiger partial charge in [0, 0.05) is 0 Å². The molecular formula is C6H10ClKO3. The Morgan fingerprint density at radius 1 is 1.73 bits per heavy atom. The van der Waals surface area contributed by atoms with Crippen LogP contribution < -0.4 is 56.5 Å². The minimum Gasteiger partial charge on any atom is -0.530 e. The van der Waals surface area contributed by atoms with Gasteiger partial charge in [0.25, 0.3) is 6.16 Å². The number of carboxylic acid groups (broad SMARTS) is 1. The van der Waals surface area contributed by atoms with Gasteiger partial charge in [-0.3, -0.25) is 0 Å². The Bertz CT molecular complexity index is 110. The van der Waals surface area contributed by atoms with E-state index in [1.807, 2.05) is 6.92 Å². The zero-order valence-electron chi connectivity index (χ0n) is 6.80. The summed E-state index contributed by atoms with van der Waals surface area (Å²) in [6.07, 6.45) is 0.823. The first kappa shape index (κ1) is 14.7. The Labute approximate surface area is 114 Å². The molecule has 1 atom stereocenters. The number of carbonyl (C=O) groups is 1. The average Bonchev–Trinajstić information content (AvgIpc) is 1.82. The third-order valence-corrected chi connectivity index (χ3v) is 1.32. The van der Waals surface area contributed by atoms with Crippen LogP contribution in [0, 0.1) is 0 Å². The van der Waals surface area contributed by atoms with Gasteiger partial charge in [-0.2, -0.15) is 0 Å². The molecule has 0 saturated carbocycles. The predicted octanol–water partition coefficient (Wildman–Crippen LogP) is -1.89. The van der Waals surface area contributed by atoms with Crippen molar-refractivity contribution in [2.45, 2.75) is 31.7 Å². The zero-order chi connectivity index (χ0) is 7.98. The molecule has 3 nitrogen and oxygen atoms in total. The smallest absolute Gasteiger partial charge is 0.530 e. The minimum atomic E-state index is -1.56. The molecule has 0 aromatic rings. The first-order chi connectivity index (χ1) is 4.66. The molecule has 0 saturated heterocycles. The number of rotatable bonds is 4. The van der Waals surface area contributed by atoms with Crippen LogP contribution in [0.5, 0.6) is 0 Å². The van der Waals surface area contributed by atoms with Crippen molar-refractivity contribution < 1.29 is 66.0 Å². The molecule has 0 heterocycles. The van der Waals surface area contributed by atoms with Gasteiger partial charge in [-0.15, -0.1) is 0 Å². The van der Waals surface area contributed by atoms with Crippen molar-refractivity contribution in [2.75, 3.05) is 0 Å². The van der Waals surface area contributed by atoms with Gasteiger partial charge in [0.2, 0.25) is 0 Å². The Hall–Kier alpha value is 1.20. The zero-order valence-corrected chi connectivity index (χ0v) is 10.7. The van der Waals surface area contributed by atoms with Crippen LogP contribution in [-0.4, -0.2) is 11.7 Å². The average molecular weight is 205 g/mol. The van der Waals surface area contributed by atoms with Gasteiger partial charge in [-0.25, -0.2) is 0 Å².